The molecule has 0 spiro atoms. The minimum Gasteiger partial charge on any atom is -0.454 e. The van der Waals surface area contributed by atoms with Gasteiger partial charge >= 0.3 is 5.97 Å². The van der Waals surface area contributed by atoms with Crippen LogP contribution in [0.25, 0.3) is 6.08 Å². The third-order valence-electron chi connectivity index (χ3n) is 4.01. The molecule has 1 aromatic carbocycles. The van der Waals surface area contributed by atoms with Gasteiger partial charge in [-0.3, -0.25) is 0 Å². The highest BCUT2D eigenvalue weighted by Crippen LogP contribution is 2.32. The number of benzene rings is 1. The number of esters is 1. The standard InChI is InChI=1S/C17H20O4/c1-11-3-5-13(6-4-11)7-8-15(18)21-14-10-20-16-12(2)9-19-17(14)16/h3-8,12,14,16-17H,9-10H2,1-2H3/b8-7+/t12-,14+,16+,17+/m0/s1. The first-order chi connectivity index (χ1) is 10.1. The van der Waals surface area contributed by atoms with E-state index in [-0.39, 0.29) is 24.3 Å². The van der Waals surface area contributed by atoms with Crippen molar-refractivity contribution >= 4 is 12.0 Å². The SMILES string of the molecule is Cc1ccc(/C=C/C(=O)O[C@@H]2CO[C@H]3[C@@H]2OC[C@@H]3C)cc1. The van der Waals surface area contributed by atoms with Crippen LogP contribution in [0, 0.1) is 12.8 Å². The fraction of sp³-hybridized carbons (Fsp3) is 0.471. The molecule has 0 radical (unpaired) electrons. The molecule has 0 unspecified atom stereocenters. The molecule has 2 saturated heterocycles. The number of aryl methyl sites for hydroxylation is 1. The maximum absolute atomic E-state index is 11.9. The van der Waals surface area contributed by atoms with Gasteiger partial charge in [-0.2, -0.15) is 0 Å². The molecular weight excluding hydrogens is 268 g/mol. The van der Waals surface area contributed by atoms with E-state index < -0.39 is 0 Å². The predicted octanol–water partition coefficient (Wildman–Crippen LogP) is 2.35. The molecule has 2 heterocycles. The Hall–Kier alpha value is -1.65. The number of carbonyl (C=O) groups is 1. The predicted molar refractivity (Wildman–Crippen MR) is 78.7 cm³/mol. The summed E-state index contributed by atoms with van der Waals surface area (Å²) in [7, 11) is 0. The van der Waals surface area contributed by atoms with Crippen LogP contribution in [0.3, 0.4) is 0 Å². The van der Waals surface area contributed by atoms with Crippen LogP contribution >= 0.6 is 0 Å². The van der Waals surface area contributed by atoms with Gasteiger partial charge in [0.2, 0.25) is 0 Å². The molecule has 2 fully saturated rings. The van der Waals surface area contributed by atoms with E-state index in [1.807, 2.05) is 31.2 Å². The molecule has 3 rings (SSSR count). The van der Waals surface area contributed by atoms with Gasteiger partial charge in [0.25, 0.3) is 0 Å². The molecule has 0 aliphatic carbocycles. The highest BCUT2D eigenvalue weighted by molar-refractivity contribution is 5.87. The van der Waals surface area contributed by atoms with E-state index in [9.17, 15) is 4.79 Å². The summed E-state index contributed by atoms with van der Waals surface area (Å²) in [6.07, 6.45) is 2.86. The number of ether oxygens (including phenoxy) is 3. The second-order valence-corrected chi connectivity index (χ2v) is 5.79. The van der Waals surface area contributed by atoms with Crippen LogP contribution in [0.15, 0.2) is 30.3 Å². The van der Waals surface area contributed by atoms with E-state index >= 15 is 0 Å². The van der Waals surface area contributed by atoms with E-state index in [1.54, 1.807) is 6.08 Å². The Labute approximate surface area is 124 Å². The summed E-state index contributed by atoms with van der Waals surface area (Å²) in [6, 6.07) is 7.95. The molecule has 4 nitrogen and oxygen atoms in total. The summed E-state index contributed by atoms with van der Waals surface area (Å²) in [6.45, 7) is 5.21. The van der Waals surface area contributed by atoms with Crippen molar-refractivity contribution in [2.75, 3.05) is 13.2 Å². The lowest BCUT2D eigenvalue weighted by molar-refractivity contribution is -0.147. The molecule has 1 aromatic rings. The van der Waals surface area contributed by atoms with Gasteiger partial charge in [0.15, 0.2) is 6.10 Å². The summed E-state index contributed by atoms with van der Waals surface area (Å²) in [5.74, 6) is 0.00906. The molecule has 0 amide bonds. The van der Waals surface area contributed by atoms with Crippen LogP contribution in [0.2, 0.25) is 0 Å². The lowest BCUT2D eigenvalue weighted by Crippen LogP contribution is -2.32. The Morgan fingerprint density at radius 1 is 1.19 bits per heavy atom. The Balaban J connectivity index is 1.56. The second kappa shape index (κ2) is 6.00. The monoisotopic (exact) mass is 288 g/mol. The van der Waals surface area contributed by atoms with Gasteiger partial charge in [-0.15, -0.1) is 0 Å². The number of hydrogen-bond acceptors (Lipinski definition) is 4. The molecular formula is C17H20O4. The summed E-state index contributed by atoms with van der Waals surface area (Å²) in [5, 5.41) is 0. The summed E-state index contributed by atoms with van der Waals surface area (Å²) >= 11 is 0. The van der Waals surface area contributed by atoms with Crippen molar-refractivity contribution in [3.63, 3.8) is 0 Å². The molecule has 0 bridgehead atoms. The molecule has 0 saturated carbocycles. The van der Waals surface area contributed by atoms with E-state index in [1.165, 1.54) is 11.6 Å². The minimum absolute atomic E-state index is 0.0591. The van der Waals surface area contributed by atoms with Gasteiger partial charge in [0.05, 0.1) is 19.3 Å². The highest BCUT2D eigenvalue weighted by Gasteiger charge is 2.47. The van der Waals surface area contributed by atoms with E-state index in [2.05, 4.69) is 6.92 Å². The third-order valence-corrected chi connectivity index (χ3v) is 4.01. The van der Waals surface area contributed by atoms with Crippen molar-refractivity contribution in [2.45, 2.75) is 32.2 Å². The van der Waals surface area contributed by atoms with Crippen LogP contribution in [0.4, 0.5) is 0 Å². The first-order valence-electron chi connectivity index (χ1n) is 7.32. The first-order valence-corrected chi connectivity index (χ1v) is 7.32. The topological polar surface area (TPSA) is 44.8 Å². The van der Waals surface area contributed by atoms with Crippen LogP contribution in [0.1, 0.15) is 18.1 Å². The van der Waals surface area contributed by atoms with Crippen molar-refractivity contribution in [3.8, 4) is 0 Å². The highest BCUT2D eigenvalue weighted by atomic mass is 16.6. The van der Waals surface area contributed by atoms with Crippen LogP contribution in [0.5, 0.6) is 0 Å². The molecule has 4 atom stereocenters. The van der Waals surface area contributed by atoms with E-state index in [0.717, 1.165) is 5.56 Å². The zero-order chi connectivity index (χ0) is 14.8. The minimum atomic E-state index is -0.354. The number of rotatable bonds is 3. The van der Waals surface area contributed by atoms with Crippen LogP contribution in [-0.4, -0.2) is 37.5 Å². The molecule has 0 aromatic heterocycles. The smallest absolute Gasteiger partial charge is 0.331 e. The fourth-order valence-corrected chi connectivity index (χ4v) is 2.79. The van der Waals surface area contributed by atoms with Crippen molar-refractivity contribution in [1.82, 2.24) is 0 Å². The third kappa shape index (κ3) is 3.17. The maximum atomic E-state index is 11.9. The van der Waals surface area contributed by atoms with Crippen molar-refractivity contribution in [3.05, 3.63) is 41.5 Å². The molecule has 2 aliphatic heterocycles. The zero-order valence-corrected chi connectivity index (χ0v) is 12.3. The van der Waals surface area contributed by atoms with Gasteiger partial charge in [-0.25, -0.2) is 4.79 Å². The lowest BCUT2D eigenvalue weighted by atomic mass is 10.0. The van der Waals surface area contributed by atoms with Gasteiger partial charge in [-0.1, -0.05) is 36.8 Å². The van der Waals surface area contributed by atoms with Gasteiger partial charge in [0, 0.05) is 12.0 Å². The Bertz CT molecular complexity index is 534. The summed E-state index contributed by atoms with van der Waals surface area (Å²) in [4.78, 5) is 11.9. The van der Waals surface area contributed by atoms with Gasteiger partial charge < -0.3 is 14.2 Å². The molecule has 2 aliphatic rings. The lowest BCUT2D eigenvalue weighted by Gasteiger charge is -2.15. The number of hydrogen-bond donors (Lipinski definition) is 0. The van der Waals surface area contributed by atoms with Crippen molar-refractivity contribution in [2.24, 2.45) is 5.92 Å². The van der Waals surface area contributed by atoms with Crippen molar-refractivity contribution < 1.29 is 19.0 Å². The number of carbonyl (C=O) groups excluding carboxylic acids is 1. The second-order valence-electron chi connectivity index (χ2n) is 5.79. The van der Waals surface area contributed by atoms with Crippen LogP contribution < -0.4 is 0 Å². The fourth-order valence-electron chi connectivity index (χ4n) is 2.79. The molecule has 4 heteroatoms. The quantitative estimate of drug-likeness (QED) is 0.632. The Morgan fingerprint density at radius 3 is 2.67 bits per heavy atom. The Morgan fingerprint density at radius 2 is 1.90 bits per heavy atom. The van der Waals surface area contributed by atoms with Gasteiger partial charge in [-0.05, 0) is 18.6 Å². The van der Waals surface area contributed by atoms with E-state index in [4.69, 9.17) is 14.2 Å². The largest absolute Gasteiger partial charge is 0.454 e. The maximum Gasteiger partial charge on any atom is 0.331 e. The normalized spacial score (nSPS) is 31.5. The van der Waals surface area contributed by atoms with E-state index in [0.29, 0.717) is 19.1 Å². The average Bonchev–Trinajstić information content (AvgIpc) is 3.03. The zero-order valence-electron chi connectivity index (χ0n) is 12.3. The first kappa shape index (κ1) is 14.3. The molecule has 0 N–H and O–H groups in total. The molecule has 21 heavy (non-hydrogen) atoms. The average molecular weight is 288 g/mol. The Kier molecular flexibility index (Phi) is 4.08. The molecule has 112 valence electrons. The van der Waals surface area contributed by atoms with Gasteiger partial charge in [0.1, 0.15) is 6.10 Å². The summed E-state index contributed by atoms with van der Waals surface area (Å²) < 4.78 is 16.7. The summed E-state index contributed by atoms with van der Waals surface area (Å²) in [5.41, 5.74) is 2.17. The van der Waals surface area contributed by atoms with Crippen molar-refractivity contribution in [1.29, 1.82) is 0 Å². The van der Waals surface area contributed by atoms with Crippen LogP contribution in [-0.2, 0) is 19.0 Å². The number of fused-ring (bicyclic) bond motifs is 1.